The molecule has 1 aromatic rings. The molecular weight excluding hydrogens is 256 g/mol. The fourth-order valence-electron chi connectivity index (χ4n) is 2.56. The van der Waals surface area contributed by atoms with Crippen molar-refractivity contribution in [3.8, 4) is 0 Å². The highest BCUT2D eigenvalue weighted by molar-refractivity contribution is 5.92. The number of aliphatic hydroxyl groups is 1. The maximum Gasteiger partial charge on any atom is 0.271 e. The number of aromatic nitrogens is 2. The van der Waals surface area contributed by atoms with Gasteiger partial charge >= 0.3 is 0 Å². The molecule has 4 N–H and O–H groups in total. The standard InChI is InChI=1S/C14H24N4O2/c1-11-2-4-14(20,5-3-11)9-16-13(19)12-8-18(7-6-15)10-17-12/h8,10-11,20H,2-7,9,15H2,1H3,(H,16,19). The molecule has 1 saturated carbocycles. The minimum Gasteiger partial charge on any atom is -0.388 e. The van der Waals surface area contributed by atoms with Gasteiger partial charge < -0.3 is 20.7 Å². The Morgan fingerprint density at radius 2 is 2.30 bits per heavy atom. The monoisotopic (exact) mass is 280 g/mol. The molecule has 0 unspecified atom stereocenters. The summed E-state index contributed by atoms with van der Waals surface area (Å²) in [4.78, 5) is 16.0. The number of nitrogens with zero attached hydrogens (tertiary/aromatic N) is 2. The number of carbonyl (C=O) groups is 1. The lowest BCUT2D eigenvalue weighted by molar-refractivity contribution is -0.00543. The SMILES string of the molecule is CC1CCC(O)(CNC(=O)c2cn(CCN)cn2)CC1. The Hall–Kier alpha value is -1.40. The fourth-order valence-corrected chi connectivity index (χ4v) is 2.56. The lowest BCUT2D eigenvalue weighted by Gasteiger charge is -2.34. The minimum atomic E-state index is -0.762. The molecule has 1 aliphatic carbocycles. The van der Waals surface area contributed by atoms with Crippen LogP contribution in [0.5, 0.6) is 0 Å². The molecule has 0 radical (unpaired) electrons. The molecule has 0 bridgehead atoms. The first-order valence-corrected chi connectivity index (χ1v) is 7.25. The Balaban J connectivity index is 1.85. The molecule has 1 fully saturated rings. The predicted molar refractivity (Wildman–Crippen MR) is 76.2 cm³/mol. The van der Waals surface area contributed by atoms with Crippen LogP contribution in [0.3, 0.4) is 0 Å². The molecule has 6 nitrogen and oxygen atoms in total. The zero-order chi connectivity index (χ0) is 14.6. The third-order valence-corrected chi connectivity index (χ3v) is 4.04. The molecule has 20 heavy (non-hydrogen) atoms. The number of amides is 1. The van der Waals surface area contributed by atoms with Gasteiger partial charge in [-0.15, -0.1) is 0 Å². The van der Waals surface area contributed by atoms with Crippen LogP contribution in [0.25, 0.3) is 0 Å². The summed E-state index contributed by atoms with van der Waals surface area (Å²) in [5.74, 6) is 0.422. The number of nitrogens with one attached hydrogen (secondary N) is 1. The van der Waals surface area contributed by atoms with E-state index in [4.69, 9.17) is 5.73 Å². The van der Waals surface area contributed by atoms with Gasteiger partial charge in [0.2, 0.25) is 0 Å². The molecule has 0 aliphatic heterocycles. The van der Waals surface area contributed by atoms with Crippen molar-refractivity contribution in [3.63, 3.8) is 0 Å². The van der Waals surface area contributed by atoms with E-state index in [9.17, 15) is 9.90 Å². The molecule has 0 atom stereocenters. The van der Waals surface area contributed by atoms with Crippen LogP contribution in [0, 0.1) is 5.92 Å². The van der Waals surface area contributed by atoms with Crippen LogP contribution in [0.2, 0.25) is 0 Å². The lowest BCUT2D eigenvalue weighted by atomic mass is 9.79. The molecule has 6 heteroatoms. The number of nitrogens with two attached hydrogens (primary N) is 1. The highest BCUT2D eigenvalue weighted by atomic mass is 16.3. The Morgan fingerprint density at radius 1 is 1.60 bits per heavy atom. The first kappa shape index (κ1) is 15.0. The molecule has 1 aliphatic rings. The number of carbonyl (C=O) groups excluding carboxylic acids is 1. The Kier molecular flexibility index (Phi) is 4.77. The Bertz CT molecular complexity index is 450. The molecule has 1 heterocycles. The predicted octanol–water partition coefficient (Wildman–Crippen LogP) is 0.513. The number of hydrogen-bond donors (Lipinski definition) is 3. The van der Waals surface area contributed by atoms with Crippen LogP contribution < -0.4 is 11.1 Å². The normalized spacial score (nSPS) is 26.4. The van der Waals surface area contributed by atoms with Crippen LogP contribution in [0.4, 0.5) is 0 Å². The summed E-state index contributed by atoms with van der Waals surface area (Å²) in [5, 5.41) is 13.2. The molecule has 0 spiro atoms. The maximum atomic E-state index is 12.0. The van der Waals surface area contributed by atoms with Crippen molar-refractivity contribution < 1.29 is 9.90 Å². The lowest BCUT2D eigenvalue weighted by Crippen LogP contribution is -2.45. The van der Waals surface area contributed by atoms with Crippen LogP contribution in [-0.4, -0.2) is 39.3 Å². The largest absolute Gasteiger partial charge is 0.388 e. The average molecular weight is 280 g/mol. The highest BCUT2D eigenvalue weighted by Gasteiger charge is 2.32. The molecule has 2 rings (SSSR count). The minimum absolute atomic E-state index is 0.243. The third-order valence-electron chi connectivity index (χ3n) is 4.04. The second kappa shape index (κ2) is 6.37. The van der Waals surface area contributed by atoms with E-state index in [-0.39, 0.29) is 5.91 Å². The van der Waals surface area contributed by atoms with E-state index in [1.54, 1.807) is 17.1 Å². The van der Waals surface area contributed by atoms with Gasteiger partial charge in [-0.05, 0) is 31.6 Å². The third kappa shape index (κ3) is 3.80. The van der Waals surface area contributed by atoms with E-state index < -0.39 is 5.60 Å². The van der Waals surface area contributed by atoms with Crippen LogP contribution in [0.1, 0.15) is 43.1 Å². The van der Waals surface area contributed by atoms with E-state index in [1.165, 1.54) is 0 Å². The van der Waals surface area contributed by atoms with E-state index in [0.29, 0.717) is 31.2 Å². The van der Waals surface area contributed by atoms with E-state index in [0.717, 1.165) is 25.7 Å². The summed E-state index contributed by atoms with van der Waals surface area (Å²) in [6.45, 7) is 3.64. The van der Waals surface area contributed by atoms with E-state index in [2.05, 4.69) is 17.2 Å². The van der Waals surface area contributed by atoms with Gasteiger partial charge in [-0.3, -0.25) is 4.79 Å². The van der Waals surface area contributed by atoms with Crippen molar-refractivity contribution in [1.29, 1.82) is 0 Å². The number of hydrogen-bond acceptors (Lipinski definition) is 4. The number of imidazole rings is 1. The summed E-state index contributed by atoms with van der Waals surface area (Å²) < 4.78 is 1.78. The van der Waals surface area contributed by atoms with Gasteiger partial charge in [-0.1, -0.05) is 6.92 Å². The van der Waals surface area contributed by atoms with Gasteiger partial charge in [0.05, 0.1) is 11.9 Å². The summed E-state index contributed by atoms with van der Waals surface area (Å²) in [5.41, 5.74) is 5.05. The van der Waals surface area contributed by atoms with Crippen molar-refractivity contribution in [1.82, 2.24) is 14.9 Å². The van der Waals surface area contributed by atoms with Gasteiger partial charge in [0, 0.05) is 25.8 Å². The second-order valence-electron chi connectivity index (χ2n) is 5.87. The molecule has 1 aromatic heterocycles. The van der Waals surface area contributed by atoms with Crippen molar-refractivity contribution in [2.24, 2.45) is 11.7 Å². The zero-order valence-corrected chi connectivity index (χ0v) is 12.0. The van der Waals surface area contributed by atoms with Crippen molar-refractivity contribution >= 4 is 5.91 Å². The zero-order valence-electron chi connectivity index (χ0n) is 12.0. The molecular formula is C14H24N4O2. The van der Waals surface area contributed by atoms with Gasteiger partial charge in [-0.2, -0.15) is 0 Å². The molecule has 1 amide bonds. The van der Waals surface area contributed by atoms with E-state index in [1.807, 2.05) is 0 Å². The molecule has 112 valence electrons. The van der Waals surface area contributed by atoms with Crippen LogP contribution in [0.15, 0.2) is 12.5 Å². The van der Waals surface area contributed by atoms with E-state index >= 15 is 0 Å². The van der Waals surface area contributed by atoms with Gasteiger partial charge in [-0.25, -0.2) is 4.98 Å². The van der Waals surface area contributed by atoms with Gasteiger partial charge in [0.25, 0.3) is 5.91 Å². The van der Waals surface area contributed by atoms with Crippen molar-refractivity contribution in [2.45, 2.75) is 44.8 Å². The van der Waals surface area contributed by atoms with Crippen LogP contribution in [-0.2, 0) is 6.54 Å². The van der Waals surface area contributed by atoms with Gasteiger partial charge in [0.15, 0.2) is 0 Å². The maximum absolute atomic E-state index is 12.0. The second-order valence-corrected chi connectivity index (χ2v) is 5.87. The summed E-state index contributed by atoms with van der Waals surface area (Å²) >= 11 is 0. The van der Waals surface area contributed by atoms with Crippen molar-refractivity contribution in [2.75, 3.05) is 13.1 Å². The Morgan fingerprint density at radius 3 is 2.95 bits per heavy atom. The quantitative estimate of drug-likeness (QED) is 0.732. The highest BCUT2D eigenvalue weighted by Crippen LogP contribution is 2.31. The molecule has 0 saturated heterocycles. The van der Waals surface area contributed by atoms with Crippen molar-refractivity contribution in [3.05, 3.63) is 18.2 Å². The Labute approximate surface area is 119 Å². The topological polar surface area (TPSA) is 93.2 Å². The fraction of sp³-hybridized carbons (Fsp3) is 0.714. The first-order chi connectivity index (χ1) is 9.52. The number of rotatable bonds is 5. The smallest absolute Gasteiger partial charge is 0.271 e. The summed E-state index contributed by atoms with van der Waals surface area (Å²) in [6.07, 6.45) is 6.79. The summed E-state index contributed by atoms with van der Waals surface area (Å²) in [6, 6.07) is 0. The average Bonchev–Trinajstić information content (AvgIpc) is 2.89. The molecule has 0 aromatic carbocycles. The van der Waals surface area contributed by atoms with Crippen LogP contribution >= 0.6 is 0 Å². The van der Waals surface area contributed by atoms with Gasteiger partial charge in [0.1, 0.15) is 5.69 Å². The first-order valence-electron chi connectivity index (χ1n) is 7.25. The summed E-state index contributed by atoms with van der Waals surface area (Å²) in [7, 11) is 0.